The van der Waals surface area contributed by atoms with E-state index >= 15 is 0 Å². The van der Waals surface area contributed by atoms with Gasteiger partial charge in [-0.2, -0.15) is 0 Å². The van der Waals surface area contributed by atoms with Gasteiger partial charge in [0.05, 0.1) is 16.1 Å². The van der Waals surface area contributed by atoms with Crippen LogP contribution in [0.15, 0.2) is 18.2 Å². The molecule has 1 aromatic heterocycles. The number of aliphatic hydroxyl groups is 1. The number of aryl methyl sites for hydroxylation is 1. The number of thiazole rings is 1. The zero-order valence-corrected chi connectivity index (χ0v) is 15.8. The highest BCUT2D eigenvalue weighted by Crippen LogP contribution is 2.44. The molecular formula is C18H23NO3S2. The number of aliphatic hydroxyl groups excluding tert-OH is 1. The number of carboxylic acid groups (broad SMARTS) is 1. The molecule has 2 unspecified atom stereocenters. The fourth-order valence-electron chi connectivity index (χ4n) is 3.27. The number of hydrogen-bond donors (Lipinski definition) is 2. The van der Waals surface area contributed by atoms with Crippen molar-refractivity contribution in [2.45, 2.75) is 51.9 Å². The van der Waals surface area contributed by atoms with Gasteiger partial charge in [-0.25, -0.2) is 4.98 Å². The predicted octanol–water partition coefficient (Wildman–Crippen LogP) is 5.03. The summed E-state index contributed by atoms with van der Waals surface area (Å²) in [7, 11) is 0. The molecule has 0 bridgehead atoms. The highest BCUT2D eigenvalue weighted by molar-refractivity contribution is 7.80. The van der Waals surface area contributed by atoms with E-state index in [1.807, 2.05) is 39.0 Å². The average molecular weight is 366 g/mol. The molecule has 24 heavy (non-hydrogen) atoms. The van der Waals surface area contributed by atoms with Crippen LogP contribution in [0, 0.1) is 12.8 Å². The third-order valence-corrected chi connectivity index (χ3v) is 6.00. The van der Waals surface area contributed by atoms with E-state index in [9.17, 15) is 15.0 Å². The molecule has 2 N–H and O–H groups in total. The number of carboxylic acids is 1. The van der Waals surface area contributed by atoms with Crippen LogP contribution < -0.4 is 0 Å². The summed E-state index contributed by atoms with van der Waals surface area (Å²) in [6.07, 6.45) is 2.33. The monoisotopic (exact) mass is 365 g/mol. The van der Waals surface area contributed by atoms with E-state index in [1.54, 1.807) is 0 Å². The third-order valence-electron chi connectivity index (χ3n) is 4.42. The summed E-state index contributed by atoms with van der Waals surface area (Å²) in [4.78, 5) is 16.6. The quantitative estimate of drug-likeness (QED) is 0.642. The Morgan fingerprint density at radius 1 is 1.33 bits per heavy atom. The topological polar surface area (TPSA) is 70.4 Å². The molecule has 0 fully saturated rings. The Bertz CT molecular complexity index is 756. The predicted molar refractivity (Wildman–Crippen MR) is 102 cm³/mol. The van der Waals surface area contributed by atoms with Gasteiger partial charge in [-0.3, -0.25) is 4.79 Å². The Morgan fingerprint density at radius 3 is 2.58 bits per heavy atom. The van der Waals surface area contributed by atoms with Crippen LogP contribution in [0.1, 0.15) is 50.1 Å². The lowest BCUT2D eigenvalue weighted by Crippen LogP contribution is -2.46. The van der Waals surface area contributed by atoms with Gasteiger partial charge >= 0.3 is 5.97 Å². The Balaban J connectivity index is 2.70. The molecule has 0 aliphatic carbocycles. The largest absolute Gasteiger partial charge is 0.501 e. The number of thiocarbonyl (C=S) groups is 1. The fraction of sp³-hybridized carbons (Fsp3) is 0.500. The van der Waals surface area contributed by atoms with Gasteiger partial charge in [0, 0.05) is 0 Å². The summed E-state index contributed by atoms with van der Waals surface area (Å²) in [6, 6.07) is 5.96. The lowest BCUT2D eigenvalue weighted by molar-refractivity contribution is -0.144. The number of fused-ring (bicyclic) bond motifs is 1. The molecule has 0 radical (unpaired) electrons. The molecule has 0 aliphatic rings. The molecule has 2 rings (SSSR count). The van der Waals surface area contributed by atoms with E-state index in [0.29, 0.717) is 30.7 Å². The highest BCUT2D eigenvalue weighted by atomic mass is 32.1. The maximum atomic E-state index is 12.0. The molecule has 0 saturated carbocycles. The number of aliphatic carboxylic acids is 1. The zero-order chi connectivity index (χ0) is 17.9. The second-order valence-corrected chi connectivity index (χ2v) is 7.61. The van der Waals surface area contributed by atoms with Gasteiger partial charge in [-0.15, -0.1) is 11.3 Å². The van der Waals surface area contributed by atoms with Crippen LogP contribution in [0.3, 0.4) is 0 Å². The number of hydrogen-bond acceptors (Lipinski definition) is 4. The standard InChI is InChI=1S/C18H23NO3S2/c1-4-6-12(15(20)21)18(9-5-2,17(22)23)16-19-13-10-11(3)7-8-14(13)24-16/h7-8,10,12H,4-6,9H2,1-3H3,(H,20,21)(H,22,23). The Hall–Kier alpha value is -1.53. The van der Waals surface area contributed by atoms with Gasteiger partial charge in [0.15, 0.2) is 5.05 Å². The summed E-state index contributed by atoms with van der Waals surface area (Å²) < 4.78 is 0.980. The molecule has 2 aromatic rings. The molecule has 2 atom stereocenters. The number of carbonyl (C=O) groups is 1. The molecule has 130 valence electrons. The van der Waals surface area contributed by atoms with Crippen LogP contribution in [0.4, 0.5) is 0 Å². The highest BCUT2D eigenvalue weighted by Gasteiger charge is 2.49. The van der Waals surface area contributed by atoms with Crippen molar-refractivity contribution in [2.75, 3.05) is 0 Å². The van der Waals surface area contributed by atoms with E-state index in [1.165, 1.54) is 11.3 Å². The van der Waals surface area contributed by atoms with Gasteiger partial charge in [-0.05, 0) is 49.7 Å². The van der Waals surface area contributed by atoms with E-state index in [2.05, 4.69) is 4.98 Å². The number of benzene rings is 1. The summed E-state index contributed by atoms with van der Waals surface area (Å²) in [6.45, 7) is 5.90. The molecule has 4 nitrogen and oxygen atoms in total. The first-order chi connectivity index (χ1) is 11.4. The first-order valence-electron chi connectivity index (χ1n) is 8.20. The fourth-order valence-corrected chi connectivity index (χ4v) is 4.90. The lowest BCUT2D eigenvalue weighted by atomic mass is 9.71. The molecule has 1 heterocycles. The van der Waals surface area contributed by atoms with Crippen molar-refractivity contribution in [2.24, 2.45) is 5.92 Å². The first-order valence-corrected chi connectivity index (χ1v) is 9.43. The molecular weight excluding hydrogens is 342 g/mol. The lowest BCUT2D eigenvalue weighted by Gasteiger charge is -2.35. The van der Waals surface area contributed by atoms with Gasteiger partial charge in [0.1, 0.15) is 10.4 Å². The van der Waals surface area contributed by atoms with E-state index in [-0.39, 0.29) is 5.05 Å². The summed E-state index contributed by atoms with van der Waals surface area (Å²) in [5.41, 5.74) is 0.812. The second kappa shape index (κ2) is 7.57. The van der Waals surface area contributed by atoms with E-state index in [0.717, 1.165) is 15.8 Å². The summed E-state index contributed by atoms with van der Waals surface area (Å²) in [5.74, 6) is -1.71. The smallest absolute Gasteiger partial charge is 0.307 e. The SMILES string of the molecule is CCCC(C(=O)O)C(CCC)(C(O)=S)c1nc2cc(C)ccc2s1. The van der Waals surface area contributed by atoms with Crippen molar-refractivity contribution in [3.05, 3.63) is 28.8 Å². The van der Waals surface area contributed by atoms with Crippen LogP contribution in [0.2, 0.25) is 0 Å². The molecule has 6 heteroatoms. The van der Waals surface area contributed by atoms with Crippen LogP contribution in [0.5, 0.6) is 0 Å². The molecule has 1 aromatic carbocycles. The Morgan fingerprint density at radius 2 is 2.04 bits per heavy atom. The molecule has 0 spiro atoms. The van der Waals surface area contributed by atoms with Crippen molar-refractivity contribution in [1.29, 1.82) is 0 Å². The van der Waals surface area contributed by atoms with Crippen LogP contribution in [-0.4, -0.2) is 26.2 Å². The minimum Gasteiger partial charge on any atom is -0.501 e. The van der Waals surface area contributed by atoms with E-state index < -0.39 is 17.3 Å². The van der Waals surface area contributed by atoms with Crippen molar-refractivity contribution >= 4 is 44.8 Å². The molecule has 0 amide bonds. The molecule has 0 saturated heterocycles. The number of aromatic nitrogens is 1. The average Bonchev–Trinajstić information content (AvgIpc) is 2.93. The van der Waals surface area contributed by atoms with Gasteiger partial charge in [0.2, 0.25) is 0 Å². The van der Waals surface area contributed by atoms with Gasteiger partial charge in [0.25, 0.3) is 0 Å². The maximum absolute atomic E-state index is 12.0. The second-order valence-electron chi connectivity index (χ2n) is 6.20. The van der Waals surface area contributed by atoms with Crippen molar-refractivity contribution < 1.29 is 15.0 Å². The Labute approximate surface area is 151 Å². The summed E-state index contributed by atoms with van der Waals surface area (Å²) >= 11 is 6.61. The van der Waals surface area contributed by atoms with E-state index in [4.69, 9.17) is 12.2 Å². The maximum Gasteiger partial charge on any atom is 0.307 e. The normalized spacial score (nSPS) is 15.1. The van der Waals surface area contributed by atoms with Crippen molar-refractivity contribution in [3.8, 4) is 0 Å². The van der Waals surface area contributed by atoms with Crippen molar-refractivity contribution in [1.82, 2.24) is 4.98 Å². The first kappa shape index (κ1) is 18.8. The number of nitrogens with zero attached hydrogens (tertiary/aromatic N) is 1. The van der Waals surface area contributed by atoms with Gasteiger partial charge < -0.3 is 10.2 Å². The Kier molecular flexibility index (Phi) is 5.93. The van der Waals surface area contributed by atoms with Crippen LogP contribution in [0.25, 0.3) is 10.2 Å². The zero-order valence-electron chi connectivity index (χ0n) is 14.2. The van der Waals surface area contributed by atoms with Crippen molar-refractivity contribution in [3.63, 3.8) is 0 Å². The molecule has 0 aliphatic heterocycles. The van der Waals surface area contributed by atoms with Gasteiger partial charge in [-0.1, -0.05) is 32.8 Å². The van der Waals surface area contributed by atoms with Crippen LogP contribution in [-0.2, 0) is 10.2 Å². The third kappa shape index (κ3) is 3.30. The minimum atomic E-state index is -1.11. The minimum absolute atomic E-state index is 0.263. The van der Waals surface area contributed by atoms with Crippen LogP contribution >= 0.6 is 23.6 Å². The number of rotatable bonds is 8. The summed E-state index contributed by atoms with van der Waals surface area (Å²) in [5, 5.41) is 20.6.